The van der Waals surface area contributed by atoms with E-state index in [1.54, 1.807) is 4.90 Å². The SMILES string of the molecule is COC(=O)C1CCCN1C(=O)Cc1ccccc1C. The summed E-state index contributed by atoms with van der Waals surface area (Å²) in [4.78, 5) is 25.6. The maximum Gasteiger partial charge on any atom is 0.328 e. The fourth-order valence-corrected chi connectivity index (χ4v) is 2.52. The Bertz CT molecular complexity index is 484. The molecule has 1 aliphatic heterocycles. The van der Waals surface area contributed by atoms with E-state index < -0.39 is 6.04 Å². The Balaban J connectivity index is 2.07. The van der Waals surface area contributed by atoms with E-state index in [4.69, 9.17) is 4.74 Å². The molecule has 1 saturated heterocycles. The molecule has 0 saturated carbocycles. The van der Waals surface area contributed by atoms with Gasteiger partial charge in [0, 0.05) is 6.54 Å². The van der Waals surface area contributed by atoms with Crippen molar-refractivity contribution in [2.75, 3.05) is 13.7 Å². The van der Waals surface area contributed by atoms with E-state index >= 15 is 0 Å². The van der Waals surface area contributed by atoms with Crippen LogP contribution in [-0.4, -0.2) is 36.5 Å². The number of hydrogen-bond acceptors (Lipinski definition) is 3. The minimum atomic E-state index is -0.401. The number of benzene rings is 1. The molecule has 0 radical (unpaired) electrons. The Kier molecular flexibility index (Phi) is 4.20. The summed E-state index contributed by atoms with van der Waals surface area (Å²) in [5.74, 6) is -0.308. The minimum absolute atomic E-state index is 0.00204. The van der Waals surface area contributed by atoms with E-state index in [1.807, 2.05) is 31.2 Å². The standard InChI is InChI=1S/C15H19NO3/c1-11-6-3-4-7-12(11)10-14(17)16-9-5-8-13(16)15(18)19-2/h3-4,6-7,13H,5,8-10H2,1-2H3. The molecule has 102 valence electrons. The molecule has 19 heavy (non-hydrogen) atoms. The Hall–Kier alpha value is -1.84. The largest absolute Gasteiger partial charge is 0.467 e. The van der Waals surface area contributed by atoms with Crippen molar-refractivity contribution < 1.29 is 14.3 Å². The summed E-state index contributed by atoms with van der Waals surface area (Å²) < 4.78 is 4.76. The molecule has 1 aromatic carbocycles. The highest BCUT2D eigenvalue weighted by Crippen LogP contribution is 2.20. The Morgan fingerprint density at radius 1 is 1.37 bits per heavy atom. The summed E-state index contributed by atoms with van der Waals surface area (Å²) >= 11 is 0. The fraction of sp³-hybridized carbons (Fsp3) is 0.467. The van der Waals surface area contributed by atoms with Gasteiger partial charge in [0.2, 0.25) is 5.91 Å². The van der Waals surface area contributed by atoms with Gasteiger partial charge in [-0.05, 0) is 30.9 Å². The van der Waals surface area contributed by atoms with E-state index in [0.717, 1.165) is 17.5 Å². The second kappa shape index (κ2) is 5.87. The van der Waals surface area contributed by atoms with E-state index in [-0.39, 0.29) is 11.9 Å². The van der Waals surface area contributed by atoms with Gasteiger partial charge in [0.05, 0.1) is 13.5 Å². The first-order valence-electron chi connectivity index (χ1n) is 6.55. The number of esters is 1. The quantitative estimate of drug-likeness (QED) is 0.778. The first kappa shape index (κ1) is 13.6. The molecule has 1 aromatic rings. The van der Waals surface area contributed by atoms with Crippen molar-refractivity contribution in [2.45, 2.75) is 32.2 Å². The van der Waals surface area contributed by atoms with E-state index in [1.165, 1.54) is 7.11 Å². The lowest BCUT2D eigenvalue weighted by Gasteiger charge is -2.23. The smallest absolute Gasteiger partial charge is 0.328 e. The number of carbonyl (C=O) groups is 2. The van der Waals surface area contributed by atoms with Gasteiger partial charge in [0.15, 0.2) is 0 Å². The Morgan fingerprint density at radius 2 is 2.11 bits per heavy atom. The average molecular weight is 261 g/mol. The number of nitrogens with zero attached hydrogens (tertiary/aromatic N) is 1. The van der Waals surface area contributed by atoms with Crippen LogP contribution in [-0.2, 0) is 20.7 Å². The predicted molar refractivity (Wildman–Crippen MR) is 71.6 cm³/mol. The zero-order valence-corrected chi connectivity index (χ0v) is 11.4. The zero-order chi connectivity index (χ0) is 13.8. The maximum atomic E-state index is 12.3. The normalized spacial score (nSPS) is 18.4. The van der Waals surface area contributed by atoms with E-state index in [2.05, 4.69) is 0 Å². The lowest BCUT2D eigenvalue weighted by Crippen LogP contribution is -2.41. The van der Waals surface area contributed by atoms with Gasteiger partial charge >= 0.3 is 5.97 Å². The van der Waals surface area contributed by atoms with Gasteiger partial charge in [0.1, 0.15) is 6.04 Å². The first-order valence-corrected chi connectivity index (χ1v) is 6.55. The van der Waals surface area contributed by atoms with Gasteiger partial charge in [-0.1, -0.05) is 24.3 Å². The van der Waals surface area contributed by atoms with Crippen molar-refractivity contribution in [3.8, 4) is 0 Å². The number of carbonyl (C=O) groups excluding carboxylic acids is 2. The van der Waals surface area contributed by atoms with Crippen molar-refractivity contribution in [1.82, 2.24) is 4.90 Å². The lowest BCUT2D eigenvalue weighted by molar-refractivity contribution is -0.150. The zero-order valence-electron chi connectivity index (χ0n) is 11.4. The summed E-state index contributed by atoms with van der Waals surface area (Å²) in [5, 5.41) is 0. The highest BCUT2D eigenvalue weighted by atomic mass is 16.5. The molecule has 0 aromatic heterocycles. The van der Waals surface area contributed by atoms with Gasteiger partial charge in [-0.3, -0.25) is 4.79 Å². The summed E-state index contributed by atoms with van der Waals surface area (Å²) in [5.41, 5.74) is 2.12. The summed E-state index contributed by atoms with van der Waals surface area (Å²) in [6, 6.07) is 7.43. The maximum absolute atomic E-state index is 12.3. The van der Waals surface area contributed by atoms with Gasteiger partial charge < -0.3 is 9.64 Å². The molecule has 0 N–H and O–H groups in total. The minimum Gasteiger partial charge on any atom is -0.467 e. The van der Waals surface area contributed by atoms with Crippen LogP contribution in [0.4, 0.5) is 0 Å². The van der Waals surface area contributed by atoms with Gasteiger partial charge in [-0.2, -0.15) is 0 Å². The molecule has 1 unspecified atom stereocenters. The number of hydrogen-bond donors (Lipinski definition) is 0. The number of rotatable bonds is 3. The Labute approximate surface area is 113 Å². The summed E-state index contributed by atoms with van der Waals surface area (Å²) in [6.45, 7) is 2.63. The van der Waals surface area contributed by atoms with Crippen LogP contribution in [0.5, 0.6) is 0 Å². The molecule has 1 heterocycles. The third-order valence-corrected chi connectivity index (χ3v) is 3.65. The van der Waals surface area contributed by atoms with Crippen LogP contribution in [0.2, 0.25) is 0 Å². The fourth-order valence-electron chi connectivity index (χ4n) is 2.52. The van der Waals surface area contributed by atoms with Crippen molar-refractivity contribution in [3.63, 3.8) is 0 Å². The molecule has 0 spiro atoms. The van der Waals surface area contributed by atoms with Crippen LogP contribution in [0.25, 0.3) is 0 Å². The second-order valence-electron chi connectivity index (χ2n) is 4.87. The number of amides is 1. The van der Waals surface area contributed by atoms with Crippen LogP contribution in [0, 0.1) is 6.92 Å². The number of aryl methyl sites for hydroxylation is 1. The summed E-state index contributed by atoms with van der Waals surface area (Å²) in [6.07, 6.45) is 1.91. The molecular formula is C15H19NO3. The molecule has 1 atom stereocenters. The summed E-state index contributed by atoms with van der Waals surface area (Å²) in [7, 11) is 1.37. The molecule has 4 nitrogen and oxygen atoms in total. The molecular weight excluding hydrogens is 242 g/mol. The number of ether oxygens (including phenoxy) is 1. The van der Waals surface area contributed by atoms with Crippen molar-refractivity contribution in [1.29, 1.82) is 0 Å². The lowest BCUT2D eigenvalue weighted by atomic mass is 10.1. The highest BCUT2D eigenvalue weighted by molar-refractivity contribution is 5.86. The number of likely N-dealkylation sites (tertiary alicyclic amines) is 1. The Morgan fingerprint density at radius 3 is 2.79 bits per heavy atom. The van der Waals surface area contributed by atoms with Crippen LogP contribution in [0.1, 0.15) is 24.0 Å². The average Bonchev–Trinajstić information content (AvgIpc) is 2.90. The third kappa shape index (κ3) is 2.95. The van der Waals surface area contributed by atoms with Gasteiger partial charge in [0.25, 0.3) is 0 Å². The monoisotopic (exact) mass is 261 g/mol. The van der Waals surface area contributed by atoms with Crippen molar-refractivity contribution in [2.24, 2.45) is 0 Å². The van der Waals surface area contributed by atoms with E-state index in [0.29, 0.717) is 19.4 Å². The number of methoxy groups -OCH3 is 1. The molecule has 1 amide bonds. The van der Waals surface area contributed by atoms with Crippen LogP contribution < -0.4 is 0 Å². The van der Waals surface area contributed by atoms with Crippen molar-refractivity contribution in [3.05, 3.63) is 35.4 Å². The molecule has 0 aliphatic carbocycles. The molecule has 0 bridgehead atoms. The molecule has 2 rings (SSSR count). The topological polar surface area (TPSA) is 46.6 Å². The van der Waals surface area contributed by atoms with Crippen molar-refractivity contribution >= 4 is 11.9 Å². The van der Waals surface area contributed by atoms with Crippen LogP contribution in [0.3, 0.4) is 0 Å². The van der Waals surface area contributed by atoms with E-state index in [9.17, 15) is 9.59 Å². The molecule has 1 aliphatic rings. The molecule has 1 fully saturated rings. The first-order chi connectivity index (χ1) is 9.13. The third-order valence-electron chi connectivity index (χ3n) is 3.65. The van der Waals surface area contributed by atoms with Crippen LogP contribution in [0.15, 0.2) is 24.3 Å². The molecule has 4 heteroatoms. The predicted octanol–water partition coefficient (Wildman–Crippen LogP) is 1.70. The highest BCUT2D eigenvalue weighted by Gasteiger charge is 2.34. The van der Waals surface area contributed by atoms with Crippen LogP contribution >= 0.6 is 0 Å². The second-order valence-corrected chi connectivity index (χ2v) is 4.87. The van der Waals surface area contributed by atoms with Gasteiger partial charge in [-0.15, -0.1) is 0 Å². The van der Waals surface area contributed by atoms with Gasteiger partial charge in [-0.25, -0.2) is 4.79 Å².